The van der Waals surface area contributed by atoms with Crippen LogP contribution in [0.15, 0.2) is 34.1 Å². The highest BCUT2D eigenvalue weighted by molar-refractivity contribution is 9.11. The highest BCUT2D eigenvalue weighted by Gasteiger charge is 2.06. The van der Waals surface area contributed by atoms with Crippen LogP contribution in [-0.2, 0) is 13.2 Å². The highest BCUT2D eigenvalue weighted by atomic mass is 79.9. The fraction of sp³-hybridized carbons (Fsp3) is 0.286. The van der Waals surface area contributed by atoms with Crippen LogP contribution < -0.4 is 14.8 Å². The summed E-state index contributed by atoms with van der Waals surface area (Å²) >= 11 is 5.13. The first-order valence-corrected chi connectivity index (χ1v) is 7.52. The first-order valence-electron chi connectivity index (χ1n) is 5.91. The van der Waals surface area contributed by atoms with E-state index in [1.54, 1.807) is 18.4 Å². The first kappa shape index (κ1) is 14.4. The van der Waals surface area contributed by atoms with Gasteiger partial charge in [0.2, 0.25) is 0 Å². The van der Waals surface area contributed by atoms with Crippen molar-refractivity contribution in [2.24, 2.45) is 0 Å². The maximum absolute atomic E-state index is 5.90. The minimum absolute atomic E-state index is 0.570. The molecule has 102 valence electrons. The van der Waals surface area contributed by atoms with Crippen LogP contribution in [0.2, 0.25) is 0 Å². The molecule has 5 heteroatoms. The Bertz CT molecular complexity index is 542. The van der Waals surface area contributed by atoms with Gasteiger partial charge in [-0.1, -0.05) is 6.07 Å². The van der Waals surface area contributed by atoms with Crippen LogP contribution in [-0.4, -0.2) is 14.2 Å². The van der Waals surface area contributed by atoms with Gasteiger partial charge < -0.3 is 14.8 Å². The van der Waals surface area contributed by atoms with E-state index in [1.807, 2.05) is 31.3 Å². The molecule has 0 amide bonds. The third kappa shape index (κ3) is 3.96. The van der Waals surface area contributed by atoms with Gasteiger partial charge in [-0.05, 0) is 41.2 Å². The standard InChI is InChI=1S/C14H16BrNO2S/c1-16-8-10-3-4-11(17-2)7-13(10)18-9-12-5-6-14(15)19-12/h3-7,16H,8-9H2,1-2H3. The molecule has 0 saturated carbocycles. The molecule has 1 aromatic carbocycles. The van der Waals surface area contributed by atoms with Crippen LogP contribution in [0.4, 0.5) is 0 Å². The van der Waals surface area contributed by atoms with Crippen molar-refractivity contribution in [1.29, 1.82) is 0 Å². The molecule has 0 fully saturated rings. The molecule has 0 unspecified atom stereocenters. The van der Waals surface area contributed by atoms with Gasteiger partial charge in [-0.15, -0.1) is 11.3 Å². The van der Waals surface area contributed by atoms with Crippen molar-refractivity contribution in [2.45, 2.75) is 13.2 Å². The molecular weight excluding hydrogens is 326 g/mol. The molecule has 1 N–H and O–H groups in total. The molecule has 3 nitrogen and oxygen atoms in total. The average molecular weight is 342 g/mol. The molecule has 2 aromatic rings. The van der Waals surface area contributed by atoms with Crippen LogP contribution in [0, 0.1) is 0 Å². The lowest BCUT2D eigenvalue weighted by molar-refractivity contribution is 0.303. The third-order valence-electron chi connectivity index (χ3n) is 2.64. The van der Waals surface area contributed by atoms with Gasteiger partial charge in [0.1, 0.15) is 18.1 Å². The molecule has 0 radical (unpaired) electrons. The summed E-state index contributed by atoms with van der Waals surface area (Å²) in [5, 5.41) is 3.14. The quantitative estimate of drug-likeness (QED) is 0.866. The summed E-state index contributed by atoms with van der Waals surface area (Å²) in [5.74, 6) is 1.67. The van der Waals surface area contributed by atoms with Crippen LogP contribution in [0.3, 0.4) is 0 Å². The predicted molar refractivity (Wildman–Crippen MR) is 82.1 cm³/mol. The smallest absolute Gasteiger partial charge is 0.128 e. The van der Waals surface area contributed by atoms with Gasteiger partial charge in [0.05, 0.1) is 10.9 Å². The van der Waals surface area contributed by atoms with Crippen molar-refractivity contribution in [3.05, 3.63) is 44.6 Å². The molecule has 1 aromatic heterocycles. The molecule has 2 rings (SSSR count). The number of benzene rings is 1. The fourth-order valence-electron chi connectivity index (χ4n) is 1.71. The Labute approximate surface area is 125 Å². The lowest BCUT2D eigenvalue weighted by Gasteiger charge is -2.12. The number of rotatable bonds is 6. The van der Waals surface area contributed by atoms with Gasteiger partial charge in [-0.25, -0.2) is 0 Å². The summed E-state index contributed by atoms with van der Waals surface area (Å²) in [6, 6.07) is 9.99. The Kier molecular flexibility index (Phi) is 5.24. The minimum Gasteiger partial charge on any atom is -0.497 e. The zero-order chi connectivity index (χ0) is 13.7. The second-order valence-electron chi connectivity index (χ2n) is 4.00. The molecule has 0 spiro atoms. The molecular formula is C14H16BrNO2S. The molecule has 0 saturated heterocycles. The van der Waals surface area contributed by atoms with E-state index < -0.39 is 0 Å². The van der Waals surface area contributed by atoms with E-state index >= 15 is 0 Å². The van der Waals surface area contributed by atoms with Crippen LogP contribution in [0.1, 0.15) is 10.4 Å². The van der Waals surface area contributed by atoms with Crippen molar-refractivity contribution in [1.82, 2.24) is 5.32 Å². The van der Waals surface area contributed by atoms with Gasteiger partial charge >= 0.3 is 0 Å². The maximum atomic E-state index is 5.90. The minimum atomic E-state index is 0.570. The van der Waals surface area contributed by atoms with Gasteiger partial charge in [0.25, 0.3) is 0 Å². The Hall–Kier alpha value is -1.04. The SMILES string of the molecule is CNCc1ccc(OC)cc1OCc1ccc(Br)s1. The predicted octanol–water partition coefficient (Wildman–Crippen LogP) is 3.82. The van der Waals surface area contributed by atoms with Crippen LogP contribution in [0.5, 0.6) is 11.5 Å². The normalized spacial score (nSPS) is 10.5. The molecule has 0 aliphatic heterocycles. The summed E-state index contributed by atoms with van der Waals surface area (Å²) in [6.45, 7) is 1.34. The van der Waals surface area contributed by atoms with Crippen LogP contribution >= 0.6 is 27.3 Å². The molecule has 0 atom stereocenters. The number of hydrogen-bond donors (Lipinski definition) is 1. The fourth-order valence-corrected chi connectivity index (χ4v) is 3.11. The van der Waals surface area contributed by atoms with E-state index in [9.17, 15) is 0 Å². The van der Waals surface area contributed by atoms with Crippen molar-refractivity contribution in [3.63, 3.8) is 0 Å². The van der Waals surface area contributed by atoms with E-state index in [2.05, 4.69) is 27.3 Å². The lowest BCUT2D eigenvalue weighted by Crippen LogP contribution is -2.07. The number of nitrogens with one attached hydrogen (secondary N) is 1. The van der Waals surface area contributed by atoms with Crippen molar-refractivity contribution in [3.8, 4) is 11.5 Å². The Morgan fingerprint density at radius 2 is 2.11 bits per heavy atom. The van der Waals surface area contributed by atoms with E-state index in [0.717, 1.165) is 27.4 Å². The summed E-state index contributed by atoms with van der Waals surface area (Å²) in [5.41, 5.74) is 1.12. The van der Waals surface area contributed by atoms with E-state index in [4.69, 9.17) is 9.47 Å². The summed E-state index contributed by atoms with van der Waals surface area (Å²) in [6.07, 6.45) is 0. The lowest BCUT2D eigenvalue weighted by atomic mass is 10.2. The summed E-state index contributed by atoms with van der Waals surface area (Å²) in [4.78, 5) is 1.19. The van der Waals surface area contributed by atoms with Crippen molar-refractivity contribution < 1.29 is 9.47 Å². The Morgan fingerprint density at radius 1 is 1.26 bits per heavy atom. The first-order chi connectivity index (χ1) is 9.22. The molecule has 0 aliphatic rings. The zero-order valence-corrected chi connectivity index (χ0v) is 13.3. The maximum Gasteiger partial charge on any atom is 0.128 e. The van der Waals surface area contributed by atoms with Crippen LogP contribution in [0.25, 0.3) is 0 Å². The van der Waals surface area contributed by atoms with E-state index in [0.29, 0.717) is 6.61 Å². The number of thiophene rings is 1. The molecule has 0 aliphatic carbocycles. The number of halogens is 1. The number of methoxy groups -OCH3 is 1. The molecule has 0 bridgehead atoms. The van der Waals surface area contributed by atoms with E-state index in [-0.39, 0.29) is 0 Å². The van der Waals surface area contributed by atoms with Crippen molar-refractivity contribution >= 4 is 27.3 Å². The molecule has 19 heavy (non-hydrogen) atoms. The highest BCUT2D eigenvalue weighted by Crippen LogP contribution is 2.27. The van der Waals surface area contributed by atoms with Gasteiger partial charge in [-0.3, -0.25) is 0 Å². The molecule has 1 heterocycles. The van der Waals surface area contributed by atoms with Gasteiger partial charge in [0.15, 0.2) is 0 Å². The second kappa shape index (κ2) is 6.93. The number of ether oxygens (including phenoxy) is 2. The third-order valence-corrected chi connectivity index (χ3v) is 4.24. The summed E-state index contributed by atoms with van der Waals surface area (Å²) in [7, 11) is 3.58. The monoisotopic (exact) mass is 341 g/mol. The number of hydrogen-bond acceptors (Lipinski definition) is 4. The Balaban J connectivity index is 2.12. The topological polar surface area (TPSA) is 30.5 Å². The van der Waals surface area contributed by atoms with Gasteiger partial charge in [0, 0.05) is 23.1 Å². The second-order valence-corrected chi connectivity index (χ2v) is 6.55. The largest absolute Gasteiger partial charge is 0.497 e. The Morgan fingerprint density at radius 3 is 2.74 bits per heavy atom. The van der Waals surface area contributed by atoms with E-state index in [1.165, 1.54) is 4.88 Å². The zero-order valence-electron chi connectivity index (χ0n) is 10.9. The van der Waals surface area contributed by atoms with Gasteiger partial charge in [-0.2, -0.15) is 0 Å². The van der Waals surface area contributed by atoms with Crippen molar-refractivity contribution in [2.75, 3.05) is 14.2 Å². The average Bonchev–Trinajstić information content (AvgIpc) is 2.83. The summed E-state index contributed by atoms with van der Waals surface area (Å²) < 4.78 is 12.3.